The fourth-order valence-electron chi connectivity index (χ4n) is 1.60. The molecule has 1 saturated heterocycles. The molecule has 1 N–H and O–H groups in total. The highest BCUT2D eigenvalue weighted by Crippen LogP contribution is 2.32. The maximum Gasteiger partial charge on any atom is 0.299 e. The number of nitrogens with zero attached hydrogens (tertiary/aromatic N) is 4. The summed E-state index contributed by atoms with van der Waals surface area (Å²) in [6, 6.07) is 3.19. The number of non-ortho nitro benzene ring substituents is 1. The quantitative estimate of drug-likeness (QED) is 0.442. The second kappa shape index (κ2) is 2.66. The van der Waals surface area contributed by atoms with Crippen LogP contribution in [0.3, 0.4) is 0 Å². The zero-order chi connectivity index (χ0) is 10.4. The van der Waals surface area contributed by atoms with Crippen molar-refractivity contribution in [1.29, 1.82) is 0 Å². The van der Waals surface area contributed by atoms with Gasteiger partial charge in [-0.1, -0.05) is 0 Å². The highest BCUT2D eigenvalue weighted by atomic mass is 16.6. The Morgan fingerprint density at radius 2 is 2.07 bits per heavy atom. The van der Waals surface area contributed by atoms with E-state index in [1.54, 1.807) is 6.07 Å². The van der Waals surface area contributed by atoms with Crippen LogP contribution in [0.4, 0.5) is 11.4 Å². The first-order chi connectivity index (χ1) is 7.27. The average Bonchev–Trinajstić information content (AvgIpc) is 2.93. The Labute approximate surface area is 83.8 Å². The summed E-state index contributed by atoms with van der Waals surface area (Å²) in [6.07, 6.45) is 0. The number of hydrogen-bond donors (Lipinski definition) is 1. The van der Waals surface area contributed by atoms with E-state index in [-0.39, 0.29) is 5.69 Å². The number of H-pyrrole nitrogens is 1. The van der Waals surface area contributed by atoms with Crippen molar-refractivity contribution in [2.45, 2.75) is 0 Å². The molecule has 15 heavy (non-hydrogen) atoms. The first kappa shape index (κ1) is 8.16. The molecule has 1 fully saturated rings. The number of fused-ring (bicyclic) bond motifs is 1. The van der Waals surface area contributed by atoms with Gasteiger partial charge in [-0.3, -0.25) is 10.1 Å². The van der Waals surface area contributed by atoms with Gasteiger partial charge in [-0.2, -0.15) is 10.3 Å². The Hall–Kier alpha value is -2.18. The van der Waals surface area contributed by atoms with Gasteiger partial charge in [0.25, 0.3) is 5.69 Å². The van der Waals surface area contributed by atoms with Crippen molar-refractivity contribution in [2.75, 3.05) is 18.0 Å². The van der Waals surface area contributed by atoms with Gasteiger partial charge < -0.3 is 4.90 Å². The lowest BCUT2D eigenvalue weighted by Crippen LogP contribution is -1.95. The molecule has 1 aliphatic rings. The Morgan fingerprint density at radius 3 is 2.73 bits per heavy atom. The van der Waals surface area contributed by atoms with Crippen molar-refractivity contribution in [1.82, 2.24) is 15.4 Å². The summed E-state index contributed by atoms with van der Waals surface area (Å²) >= 11 is 0. The van der Waals surface area contributed by atoms with Crippen LogP contribution in [0.5, 0.6) is 0 Å². The molecule has 0 atom stereocenters. The van der Waals surface area contributed by atoms with Crippen molar-refractivity contribution in [3.05, 3.63) is 22.2 Å². The molecule has 0 amide bonds. The third-order valence-electron chi connectivity index (χ3n) is 2.42. The Kier molecular flexibility index (Phi) is 1.44. The van der Waals surface area contributed by atoms with Gasteiger partial charge in [0.1, 0.15) is 5.52 Å². The fourth-order valence-corrected chi connectivity index (χ4v) is 1.60. The minimum Gasteiger partial charge on any atom is -0.366 e. The molecule has 1 aliphatic heterocycles. The van der Waals surface area contributed by atoms with Crippen LogP contribution in [0.25, 0.3) is 11.0 Å². The Balaban J connectivity index is 2.29. The second-order valence-corrected chi connectivity index (χ2v) is 3.37. The maximum atomic E-state index is 10.7. The summed E-state index contributed by atoms with van der Waals surface area (Å²) in [5, 5.41) is 20.9. The number of aromatic nitrogens is 3. The molecule has 76 valence electrons. The lowest BCUT2D eigenvalue weighted by atomic mass is 10.2. The lowest BCUT2D eigenvalue weighted by molar-refractivity contribution is -0.383. The Morgan fingerprint density at radius 1 is 1.33 bits per heavy atom. The van der Waals surface area contributed by atoms with E-state index in [1.807, 2.05) is 0 Å². The molecule has 0 unspecified atom stereocenters. The van der Waals surface area contributed by atoms with Crippen LogP contribution < -0.4 is 4.90 Å². The van der Waals surface area contributed by atoms with Crippen LogP contribution in [0.1, 0.15) is 0 Å². The summed E-state index contributed by atoms with van der Waals surface area (Å²) in [6.45, 7) is 1.94. The number of nitro groups is 1. The fraction of sp³-hybridized carbons (Fsp3) is 0.250. The molecular formula is C8H7N5O2. The summed E-state index contributed by atoms with van der Waals surface area (Å²) in [5.41, 5.74) is 1.79. The zero-order valence-corrected chi connectivity index (χ0v) is 7.67. The van der Waals surface area contributed by atoms with Crippen molar-refractivity contribution in [3.8, 4) is 0 Å². The minimum absolute atomic E-state index is 0.00986. The van der Waals surface area contributed by atoms with E-state index in [9.17, 15) is 10.1 Å². The summed E-state index contributed by atoms with van der Waals surface area (Å²) in [5.74, 6) is 0. The number of nitrogens with one attached hydrogen (secondary N) is 1. The molecule has 0 saturated carbocycles. The Bertz CT molecular complexity index is 545. The number of nitro benzene ring substituents is 1. The van der Waals surface area contributed by atoms with E-state index in [2.05, 4.69) is 20.3 Å². The molecular weight excluding hydrogens is 198 g/mol. The van der Waals surface area contributed by atoms with Crippen LogP contribution in [-0.4, -0.2) is 33.4 Å². The van der Waals surface area contributed by atoms with Gasteiger partial charge >= 0.3 is 0 Å². The van der Waals surface area contributed by atoms with Gasteiger partial charge in [0, 0.05) is 19.2 Å². The third kappa shape index (κ3) is 1.13. The highest BCUT2D eigenvalue weighted by Gasteiger charge is 2.25. The van der Waals surface area contributed by atoms with Crippen molar-refractivity contribution < 1.29 is 4.92 Å². The first-order valence-corrected chi connectivity index (χ1v) is 4.50. The van der Waals surface area contributed by atoms with Gasteiger partial charge in [0.15, 0.2) is 5.52 Å². The molecule has 2 heterocycles. The van der Waals surface area contributed by atoms with Crippen LogP contribution in [0.15, 0.2) is 12.1 Å². The van der Waals surface area contributed by atoms with E-state index in [1.165, 1.54) is 6.07 Å². The second-order valence-electron chi connectivity index (χ2n) is 3.37. The molecule has 7 heteroatoms. The van der Waals surface area contributed by atoms with E-state index in [4.69, 9.17) is 0 Å². The van der Waals surface area contributed by atoms with E-state index >= 15 is 0 Å². The van der Waals surface area contributed by atoms with Gasteiger partial charge in [-0.15, -0.1) is 5.10 Å². The van der Waals surface area contributed by atoms with Gasteiger partial charge in [-0.25, -0.2) is 0 Å². The van der Waals surface area contributed by atoms with Crippen LogP contribution in [-0.2, 0) is 0 Å². The average molecular weight is 205 g/mol. The van der Waals surface area contributed by atoms with Gasteiger partial charge in [-0.05, 0) is 6.07 Å². The predicted molar refractivity (Wildman–Crippen MR) is 52.8 cm³/mol. The number of anilines is 1. The number of hydrogen-bond acceptors (Lipinski definition) is 5. The van der Waals surface area contributed by atoms with Crippen LogP contribution in [0.2, 0.25) is 0 Å². The molecule has 7 nitrogen and oxygen atoms in total. The van der Waals surface area contributed by atoms with Crippen molar-refractivity contribution in [2.24, 2.45) is 0 Å². The maximum absolute atomic E-state index is 10.7. The predicted octanol–water partition coefficient (Wildman–Crippen LogP) is 0.686. The minimum atomic E-state index is -0.448. The van der Waals surface area contributed by atoms with E-state index in [0.29, 0.717) is 11.0 Å². The highest BCUT2D eigenvalue weighted by molar-refractivity contribution is 5.94. The molecule has 0 radical (unpaired) electrons. The van der Waals surface area contributed by atoms with Crippen LogP contribution in [0, 0.1) is 10.1 Å². The standard InChI is InChI=1S/C8H7N5O2/c14-13(15)6-2-1-5(12-3-4-12)7-8(6)10-11-9-7/h1-2H,3-4H2,(H,9,10,11). The summed E-state index contributed by atoms with van der Waals surface area (Å²) < 4.78 is 0. The van der Waals surface area contributed by atoms with E-state index in [0.717, 1.165) is 18.8 Å². The molecule has 3 rings (SSSR count). The van der Waals surface area contributed by atoms with E-state index < -0.39 is 4.92 Å². The molecule has 0 aliphatic carbocycles. The van der Waals surface area contributed by atoms with Crippen LogP contribution >= 0.6 is 0 Å². The summed E-state index contributed by atoms with van der Waals surface area (Å²) in [7, 11) is 0. The first-order valence-electron chi connectivity index (χ1n) is 4.50. The lowest BCUT2D eigenvalue weighted by Gasteiger charge is -2.01. The SMILES string of the molecule is O=[N+]([O-])c1ccc(N2CC2)c2n[nH]nc12. The molecule has 1 aromatic carbocycles. The molecule has 0 spiro atoms. The zero-order valence-electron chi connectivity index (χ0n) is 7.67. The number of benzene rings is 1. The molecule has 1 aromatic heterocycles. The monoisotopic (exact) mass is 205 g/mol. The normalized spacial score (nSPS) is 14.5. The molecule has 2 aromatic rings. The summed E-state index contributed by atoms with van der Waals surface area (Å²) in [4.78, 5) is 12.4. The third-order valence-corrected chi connectivity index (χ3v) is 2.42. The van der Waals surface area contributed by atoms with Gasteiger partial charge in [0.2, 0.25) is 0 Å². The smallest absolute Gasteiger partial charge is 0.299 e. The topological polar surface area (TPSA) is 87.7 Å². The van der Waals surface area contributed by atoms with Crippen molar-refractivity contribution in [3.63, 3.8) is 0 Å². The van der Waals surface area contributed by atoms with Gasteiger partial charge in [0.05, 0.1) is 10.6 Å². The molecule has 0 bridgehead atoms. The number of aromatic amines is 1. The largest absolute Gasteiger partial charge is 0.366 e. The van der Waals surface area contributed by atoms with Crippen molar-refractivity contribution >= 4 is 22.4 Å². The number of rotatable bonds is 2.